The molecule has 1 heterocycles. The number of benzene rings is 1. The highest BCUT2D eigenvalue weighted by molar-refractivity contribution is 6.32. The summed E-state index contributed by atoms with van der Waals surface area (Å²) in [6, 6.07) is 6.65. The van der Waals surface area contributed by atoms with Gasteiger partial charge in [0.2, 0.25) is 0 Å². The van der Waals surface area contributed by atoms with Crippen molar-refractivity contribution in [2.24, 2.45) is 5.92 Å². The molecule has 1 aromatic carbocycles. The Balaban J connectivity index is 1.98. The quantitative estimate of drug-likeness (QED) is 0.547. The van der Waals surface area contributed by atoms with Crippen molar-refractivity contribution in [3.8, 4) is 5.75 Å². The lowest BCUT2D eigenvalue weighted by molar-refractivity contribution is -0.145. The molecule has 0 fully saturated rings. The van der Waals surface area contributed by atoms with Gasteiger partial charge in [0.05, 0.1) is 18.4 Å². The molecule has 144 valence electrons. The summed E-state index contributed by atoms with van der Waals surface area (Å²) in [5, 5.41) is 2.83. The molecule has 0 aliphatic carbocycles. The standard InChI is InChI=1S/C19H20ClNO6/c1-11(2)17(21-18(23)16-5-4-8-26-16)19(24)27-10-14(22)12-6-7-15(25-3)13(20)9-12/h4-9,11,17H,10H2,1-3H3,(H,21,23)/t17-/m0/s1. The third kappa shape index (κ3) is 5.34. The number of furan rings is 1. The van der Waals surface area contributed by atoms with Gasteiger partial charge in [-0.25, -0.2) is 4.79 Å². The van der Waals surface area contributed by atoms with Gasteiger partial charge in [0.15, 0.2) is 18.2 Å². The van der Waals surface area contributed by atoms with Crippen LogP contribution in [0.1, 0.15) is 34.8 Å². The van der Waals surface area contributed by atoms with Gasteiger partial charge in [-0.15, -0.1) is 0 Å². The maximum Gasteiger partial charge on any atom is 0.329 e. The highest BCUT2D eigenvalue weighted by Gasteiger charge is 2.27. The molecule has 0 radical (unpaired) electrons. The molecule has 27 heavy (non-hydrogen) atoms. The van der Waals surface area contributed by atoms with E-state index in [4.69, 9.17) is 25.5 Å². The van der Waals surface area contributed by atoms with Crippen LogP contribution in [0.5, 0.6) is 5.75 Å². The molecule has 0 bridgehead atoms. The second-order valence-corrected chi connectivity index (χ2v) is 6.46. The zero-order chi connectivity index (χ0) is 20.0. The van der Waals surface area contributed by atoms with Crippen LogP contribution in [-0.2, 0) is 9.53 Å². The Hall–Kier alpha value is -2.80. The third-order valence-electron chi connectivity index (χ3n) is 3.77. The third-order valence-corrected chi connectivity index (χ3v) is 4.07. The molecular formula is C19H20ClNO6. The molecule has 0 aliphatic heterocycles. The van der Waals surface area contributed by atoms with Crippen LogP contribution in [0, 0.1) is 5.92 Å². The van der Waals surface area contributed by atoms with Crippen LogP contribution in [0.15, 0.2) is 41.0 Å². The van der Waals surface area contributed by atoms with Crippen LogP contribution in [0.3, 0.4) is 0 Å². The number of hydrogen-bond donors (Lipinski definition) is 1. The molecule has 7 nitrogen and oxygen atoms in total. The minimum atomic E-state index is -0.921. The van der Waals surface area contributed by atoms with E-state index < -0.39 is 30.3 Å². The van der Waals surface area contributed by atoms with E-state index in [1.807, 2.05) is 0 Å². The number of ether oxygens (including phenoxy) is 2. The van der Waals surface area contributed by atoms with Gasteiger partial charge in [-0.3, -0.25) is 9.59 Å². The molecular weight excluding hydrogens is 374 g/mol. The van der Waals surface area contributed by atoms with Crippen molar-refractivity contribution in [1.82, 2.24) is 5.32 Å². The van der Waals surface area contributed by atoms with E-state index in [1.165, 1.54) is 31.6 Å². The minimum Gasteiger partial charge on any atom is -0.495 e. The molecule has 0 saturated carbocycles. The molecule has 0 unspecified atom stereocenters. The molecule has 0 saturated heterocycles. The fourth-order valence-electron chi connectivity index (χ4n) is 2.27. The molecule has 1 amide bonds. The fraction of sp³-hybridized carbons (Fsp3) is 0.316. The number of nitrogens with one attached hydrogen (secondary N) is 1. The summed E-state index contributed by atoms with van der Waals surface area (Å²) in [7, 11) is 1.47. The molecule has 2 rings (SSSR count). The average Bonchev–Trinajstić information content (AvgIpc) is 3.18. The van der Waals surface area contributed by atoms with Gasteiger partial charge in [0.1, 0.15) is 11.8 Å². The van der Waals surface area contributed by atoms with Crippen LogP contribution < -0.4 is 10.1 Å². The predicted octanol–water partition coefficient (Wildman–Crippen LogP) is 3.12. The molecule has 1 N–H and O–H groups in total. The van der Waals surface area contributed by atoms with Crippen LogP contribution in [0.2, 0.25) is 5.02 Å². The smallest absolute Gasteiger partial charge is 0.329 e. The lowest BCUT2D eigenvalue weighted by Crippen LogP contribution is -2.45. The lowest BCUT2D eigenvalue weighted by Gasteiger charge is -2.20. The predicted molar refractivity (Wildman–Crippen MR) is 98.1 cm³/mol. The highest BCUT2D eigenvalue weighted by atomic mass is 35.5. The summed E-state index contributed by atoms with van der Waals surface area (Å²) in [6.07, 6.45) is 1.36. The second kappa shape index (κ2) is 9.23. The topological polar surface area (TPSA) is 94.8 Å². The Morgan fingerprint density at radius 2 is 1.96 bits per heavy atom. The largest absolute Gasteiger partial charge is 0.495 e. The first-order valence-corrected chi connectivity index (χ1v) is 8.59. The van der Waals surface area contributed by atoms with E-state index in [0.29, 0.717) is 5.75 Å². The number of ketones is 1. The summed E-state index contributed by atoms with van der Waals surface area (Å²) in [4.78, 5) is 36.6. The van der Waals surface area contributed by atoms with Gasteiger partial charge in [0.25, 0.3) is 5.91 Å². The first-order valence-electron chi connectivity index (χ1n) is 8.21. The Morgan fingerprint density at radius 1 is 1.22 bits per heavy atom. The Labute approximate surface area is 161 Å². The molecule has 8 heteroatoms. The molecule has 0 aliphatic rings. The van der Waals surface area contributed by atoms with Gasteiger partial charge in [0, 0.05) is 5.56 Å². The molecule has 2 aromatic rings. The summed E-state index contributed by atoms with van der Waals surface area (Å²) < 4.78 is 15.1. The van der Waals surface area contributed by atoms with Crippen molar-refractivity contribution < 1.29 is 28.3 Å². The van der Waals surface area contributed by atoms with Crippen LogP contribution >= 0.6 is 11.6 Å². The van der Waals surface area contributed by atoms with E-state index in [9.17, 15) is 14.4 Å². The Kier molecular flexibility index (Phi) is 7.01. The lowest BCUT2D eigenvalue weighted by atomic mass is 10.0. The van der Waals surface area contributed by atoms with Crippen LogP contribution in [-0.4, -0.2) is 37.4 Å². The number of Topliss-reactive ketones (excluding diaryl/α,β-unsaturated/α-hetero) is 1. The van der Waals surface area contributed by atoms with Crippen molar-refractivity contribution in [2.45, 2.75) is 19.9 Å². The van der Waals surface area contributed by atoms with E-state index in [-0.39, 0.29) is 22.3 Å². The Bertz CT molecular complexity index is 816. The summed E-state index contributed by atoms with van der Waals surface area (Å²) in [5.41, 5.74) is 0.286. The van der Waals surface area contributed by atoms with Crippen LogP contribution in [0.25, 0.3) is 0 Å². The van der Waals surface area contributed by atoms with Gasteiger partial charge < -0.3 is 19.2 Å². The number of halogens is 1. The zero-order valence-corrected chi connectivity index (χ0v) is 15.9. The maximum atomic E-state index is 12.3. The maximum absolute atomic E-state index is 12.3. The van der Waals surface area contributed by atoms with Crippen molar-refractivity contribution >= 4 is 29.3 Å². The number of carbonyl (C=O) groups is 3. The van der Waals surface area contributed by atoms with Crippen molar-refractivity contribution in [2.75, 3.05) is 13.7 Å². The van der Waals surface area contributed by atoms with Crippen LogP contribution in [0.4, 0.5) is 0 Å². The van der Waals surface area contributed by atoms with E-state index in [0.717, 1.165) is 0 Å². The van der Waals surface area contributed by atoms with E-state index in [1.54, 1.807) is 26.0 Å². The first-order chi connectivity index (χ1) is 12.8. The van der Waals surface area contributed by atoms with Gasteiger partial charge >= 0.3 is 5.97 Å². The van der Waals surface area contributed by atoms with E-state index in [2.05, 4.69) is 5.32 Å². The first kappa shape index (κ1) is 20.5. The highest BCUT2D eigenvalue weighted by Crippen LogP contribution is 2.25. The summed E-state index contributed by atoms with van der Waals surface area (Å²) >= 11 is 5.99. The summed E-state index contributed by atoms with van der Waals surface area (Å²) in [5.74, 6) is -1.40. The average molecular weight is 394 g/mol. The van der Waals surface area contributed by atoms with Gasteiger partial charge in [-0.1, -0.05) is 25.4 Å². The zero-order valence-electron chi connectivity index (χ0n) is 15.2. The second-order valence-electron chi connectivity index (χ2n) is 6.05. The normalized spacial score (nSPS) is 11.7. The number of hydrogen-bond acceptors (Lipinski definition) is 6. The summed E-state index contributed by atoms with van der Waals surface area (Å²) in [6.45, 7) is 3.03. The van der Waals surface area contributed by atoms with Crippen molar-refractivity contribution in [1.29, 1.82) is 0 Å². The molecule has 0 spiro atoms. The number of carbonyl (C=O) groups excluding carboxylic acids is 3. The van der Waals surface area contributed by atoms with Gasteiger partial charge in [-0.05, 0) is 36.2 Å². The monoisotopic (exact) mass is 393 g/mol. The Morgan fingerprint density at radius 3 is 2.52 bits per heavy atom. The minimum absolute atomic E-state index is 0.0809. The fourth-order valence-corrected chi connectivity index (χ4v) is 2.53. The molecule has 1 aromatic heterocycles. The number of esters is 1. The number of rotatable bonds is 8. The molecule has 1 atom stereocenters. The van der Waals surface area contributed by atoms with Crippen molar-refractivity contribution in [3.05, 3.63) is 52.9 Å². The van der Waals surface area contributed by atoms with Crippen molar-refractivity contribution in [3.63, 3.8) is 0 Å². The van der Waals surface area contributed by atoms with Gasteiger partial charge in [-0.2, -0.15) is 0 Å². The van der Waals surface area contributed by atoms with E-state index >= 15 is 0 Å². The number of amides is 1. The number of methoxy groups -OCH3 is 1. The SMILES string of the molecule is COc1ccc(C(=O)COC(=O)[C@@H](NC(=O)c2ccco2)C(C)C)cc1Cl.